The number of nitrogens with zero attached hydrogens (tertiary/aromatic N) is 1. The van der Waals surface area contributed by atoms with Gasteiger partial charge in [0, 0.05) is 17.5 Å². The normalized spacial score (nSPS) is 16.6. The van der Waals surface area contributed by atoms with Crippen LogP contribution in [0.15, 0.2) is 29.6 Å². The molecule has 1 saturated heterocycles. The number of hydrogen-bond acceptors (Lipinski definition) is 4. The fourth-order valence-corrected chi connectivity index (χ4v) is 3.75. The zero-order chi connectivity index (χ0) is 18.6. The number of alkyl halides is 3. The van der Waals surface area contributed by atoms with E-state index < -0.39 is 11.7 Å². The van der Waals surface area contributed by atoms with Crippen LogP contribution in [0.4, 0.5) is 13.2 Å². The van der Waals surface area contributed by atoms with E-state index in [0.29, 0.717) is 28.7 Å². The number of thiazole rings is 1. The number of benzene rings is 1. The third-order valence-electron chi connectivity index (χ3n) is 4.32. The summed E-state index contributed by atoms with van der Waals surface area (Å²) in [6.45, 7) is 2.58. The van der Waals surface area contributed by atoms with E-state index in [9.17, 15) is 18.0 Å². The molecular formula is C18H22Cl2F3N3OS. The van der Waals surface area contributed by atoms with Crippen LogP contribution in [0.1, 0.15) is 24.1 Å². The van der Waals surface area contributed by atoms with Crippen LogP contribution in [0.5, 0.6) is 0 Å². The Kier molecular flexibility index (Phi) is 9.69. The molecule has 2 heterocycles. The van der Waals surface area contributed by atoms with E-state index in [1.165, 1.54) is 17.4 Å². The van der Waals surface area contributed by atoms with Gasteiger partial charge in [-0.1, -0.05) is 12.1 Å². The predicted molar refractivity (Wildman–Crippen MR) is 109 cm³/mol. The van der Waals surface area contributed by atoms with Gasteiger partial charge in [0.05, 0.1) is 17.7 Å². The van der Waals surface area contributed by atoms with Crippen molar-refractivity contribution in [2.75, 3.05) is 19.6 Å². The Morgan fingerprint density at radius 2 is 2.11 bits per heavy atom. The van der Waals surface area contributed by atoms with Crippen molar-refractivity contribution in [1.29, 1.82) is 0 Å². The fourth-order valence-electron chi connectivity index (χ4n) is 2.93. The number of aromatic nitrogens is 1. The molecule has 0 spiro atoms. The highest BCUT2D eigenvalue weighted by atomic mass is 35.5. The van der Waals surface area contributed by atoms with Gasteiger partial charge < -0.3 is 10.6 Å². The highest BCUT2D eigenvalue weighted by Gasteiger charge is 2.30. The summed E-state index contributed by atoms with van der Waals surface area (Å²) in [7, 11) is 0. The summed E-state index contributed by atoms with van der Waals surface area (Å²) >= 11 is 1.24. The Morgan fingerprint density at radius 3 is 2.79 bits per heavy atom. The van der Waals surface area contributed by atoms with Gasteiger partial charge in [0.15, 0.2) is 0 Å². The Labute approximate surface area is 178 Å². The van der Waals surface area contributed by atoms with E-state index in [0.717, 1.165) is 38.1 Å². The van der Waals surface area contributed by atoms with Crippen LogP contribution in [0.25, 0.3) is 10.6 Å². The first-order chi connectivity index (χ1) is 12.4. The molecule has 10 heteroatoms. The monoisotopic (exact) mass is 455 g/mol. The molecule has 0 saturated carbocycles. The molecule has 28 heavy (non-hydrogen) atoms. The standard InChI is InChI=1S/C18H20F3N3OS.2ClH/c19-18(20,21)14-5-1-4-13(7-14)17-24-15(11-26-17)8-16(25)23-10-12-3-2-6-22-9-12;;/h1,4-5,7,11-12,22H,2-3,6,8-10H2,(H,23,25);2*1H. The number of nitrogens with one attached hydrogen (secondary N) is 2. The highest BCUT2D eigenvalue weighted by molar-refractivity contribution is 7.13. The van der Waals surface area contributed by atoms with E-state index >= 15 is 0 Å². The molecule has 1 aliphatic rings. The number of halogens is 5. The van der Waals surface area contributed by atoms with Crippen molar-refractivity contribution in [3.05, 3.63) is 40.9 Å². The number of piperidine rings is 1. The molecule has 1 atom stereocenters. The quantitative estimate of drug-likeness (QED) is 0.705. The average Bonchev–Trinajstić information content (AvgIpc) is 3.09. The lowest BCUT2D eigenvalue weighted by atomic mass is 10.00. The second-order valence-corrected chi connectivity index (χ2v) is 7.27. The lowest BCUT2D eigenvalue weighted by molar-refractivity contribution is -0.137. The maximum absolute atomic E-state index is 12.8. The van der Waals surface area contributed by atoms with Gasteiger partial charge in [0.1, 0.15) is 5.01 Å². The van der Waals surface area contributed by atoms with Crippen LogP contribution in [-0.4, -0.2) is 30.5 Å². The van der Waals surface area contributed by atoms with E-state index in [4.69, 9.17) is 0 Å². The van der Waals surface area contributed by atoms with Crippen LogP contribution in [0.2, 0.25) is 0 Å². The maximum Gasteiger partial charge on any atom is 0.416 e. The first-order valence-electron chi connectivity index (χ1n) is 8.51. The molecule has 156 valence electrons. The van der Waals surface area contributed by atoms with E-state index in [2.05, 4.69) is 15.6 Å². The lowest BCUT2D eigenvalue weighted by Crippen LogP contribution is -2.38. The SMILES string of the molecule is Cl.Cl.O=C(Cc1csc(-c2cccc(C(F)(F)F)c2)n1)NCC1CCCNC1. The summed E-state index contributed by atoms with van der Waals surface area (Å²) in [4.78, 5) is 16.4. The number of carbonyl (C=O) groups is 1. The number of hydrogen-bond donors (Lipinski definition) is 2. The molecule has 2 aromatic rings. The Balaban J connectivity index is 0.00000196. The van der Waals surface area contributed by atoms with Crippen LogP contribution < -0.4 is 10.6 Å². The minimum absolute atomic E-state index is 0. The van der Waals surface area contributed by atoms with Crippen molar-refractivity contribution in [2.24, 2.45) is 5.92 Å². The molecule has 4 nitrogen and oxygen atoms in total. The van der Waals surface area contributed by atoms with E-state index in [-0.39, 0.29) is 37.1 Å². The molecule has 1 amide bonds. The third-order valence-corrected chi connectivity index (χ3v) is 5.26. The number of rotatable bonds is 5. The summed E-state index contributed by atoms with van der Waals surface area (Å²) in [6.07, 6.45) is -2.03. The van der Waals surface area contributed by atoms with Crippen LogP contribution in [0.3, 0.4) is 0 Å². The fraction of sp³-hybridized carbons (Fsp3) is 0.444. The molecule has 1 aromatic heterocycles. The van der Waals surface area contributed by atoms with Crippen LogP contribution in [0, 0.1) is 5.92 Å². The first kappa shape index (κ1) is 24.7. The summed E-state index contributed by atoms with van der Waals surface area (Å²) in [5, 5.41) is 8.42. The molecule has 0 radical (unpaired) electrons. The van der Waals surface area contributed by atoms with Crippen molar-refractivity contribution in [2.45, 2.75) is 25.4 Å². The average molecular weight is 456 g/mol. The van der Waals surface area contributed by atoms with E-state index in [1.54, 1.807) is 11.4 Å². The smallest absolute Gasteiger partial charge is 0.355 e. The molecule has 1 unspecified atom stereocenters. The predicted octanol–water partition coefficient (Wildman–Crippen LogP) is 4.33. The Hall–Kier alpha value is -1.35. The summed E-state index contributed by atoms with van der Waals surface area (Å²) < 4.78 is 38.5. The minimum Gasteiger partial charge on any atom is -0.355 e. The molecule has 2 N–H and O–H groups in total. The first-order valence-corrected chi connectivity index (χ1v) is 9.39. The summed E-state index contributed by atoms with van der Waals surface area (Å²) in [5.74, 6) is 0.334. The molecule has 1 aromatic carbocycles. The molecule has 3 rings (SSSR count). The maximum atomic E-state index is 12.8. The van der Waals surface area contributed by atoms with Crippen molar-refractivity contribution >= 4 is 42.1 Å². The van der Waals surface area contributed by atoms with Gasteiger partial charge in [-0.15, -0.1) is 36.2 Å². The second-order valence-electron chi connectivity index (χ2n) is 6.42. The molecule has 1 aliphatic heterocycles. The minimum atomic E-state index is -4.38. The van der Waals surface area contributed by atoms with E-state index in [1.807, 2.05) is 0 Å². The number of carbonyl (C=O) groups excluding carboxylic acids is 1. The van der Waals surface area contributed by atoms with Gasteiger partial charge in [-0.25, -0.2) is 4.98 Å². The van der Waals surface area contributed by atoms with Gasteiger partial charge in [0.25, 0.3) is 0 Å². The zero-order valence-corrected chi connectivity index (χ0v) is 17.4. The largest absolute Gasteiger partial charge is 0.416 e. The van der Waals surface area contributed by atoms with Gasteiger partial charge in [-0.05, 0) is 44.0 Å². The van der Waals surface area contributed by atoms with Gasteiger partial charge in [0.2, 0.25) is 5.91 Å². The summed E-state index contributed by atoms with van der Waals surface area (Å²) in [5.41, 5.74) is 0.275. The van der Waals surface area contributed by atoms with Crippen molar-refractivity contribution in [1.82, 2.24) is 15.6 Å². The zero-order valence-electron chi connectivity index (χ0n) is 14.9. The third kappa shape index (κ3) is 6.92. The molecule has 0 bridgehead atoms. The Morgan fingerprint density at radius 1 is 1.32 bits per heavy atom. The van der Waals surface area contributed by atoms with Crippen molar-refractivity contribution < 1.29 is 18.0 Å². The molecule has 1 fully saturated rings. The van der Waals surface area contributed by atoms with Crippen LogP contribution in [-0.2, 0) is 17.4 Å². The molecular weight excluding hydrogens is 434 g/mol. The number of amides is 1. The van der Waals surface area contributed by atoms with Gasteiger partial charge >= 0.3 is 6.18 Å². The molecule has 0 aliphatic carbocycles. The van der Waals surface area contributed by atoms with Gasteiger partial charge in [-0.2, -0.15) is 13.2 Å². The summed E-state index contributed by atoms with van der Waals surface area (Å²) in [6, 6.07) is 5.07. The second kappa shape index (κ2) is 11.0. The lowest BCUT2D eigenvalue weighted by Gasteiger charge is -2.22. The topological polar surface area (TPSA) is 54.0 Å². The van der Waals surface area contributed by atoms with Crippen LogP contribution >= 0.6 is 36.2 Å². The highest BCUT2D eigenvalue weighted by Crippen LogP contribution is 2.33. The van der Waals surface area contributed by atoms with Gasteiger partial charge in [-0.3, -0.25) is 4.79 Å². The van der Waals surface area contributed by atoms with Crippen molar-refractivity contribution in [3.63, 3.8) is 0 Å². The van der Waals surface area contributed by atoms with Crippen molar-refractivity contribution in [3.8, 4) is 10.6 Å². The Bertz CT molecular complexity index is 765.